The molecule has 1 heterocycles. The van der Waals surface area contributed by atoms with E-state index >= 15 is 0 Å². The molecular weight excluding hydrogens is 242 g/mol. The SMILES string of the molecule is CNC(c1cccs1)C1(OC)CCC(C)(C)CC1. The van der Waals surface area contributed by atoms with Crippen LogP contribution in [0.25, 0.3) is 0 Å². The number of hydrogen-bond donors (Lipinski definition) is 1. The minimum Gasteiger partial charge on any atom is -0.376 e. The highest BCUT2D eigenvalue weighted by molar-refractivity contribution is 7.10. The Kier molecular flexibility index (Phi) is 4.15. The van der Waals surface area contributed by atoms with Crippen LogP contribution in [0.1, 0.15) is 50.4 Å². The molecule has 0 aromatic carbocycles. The van der Waals surface area contributed by atoms with Gasteiger partial charge in [-0.3, -0.25) is 0 Å². The first-order chi connectivity index (χ1) is 8.53. The van der Waals surface area contributed by atoms with Gasteiger partial charge in [0.15, 0.2) is 0 Å². The Bertz CT molecular complexity index is 362. The van der Waals surface area contributed by atoms with E-state index in [1.807, 2.05) is 25.5 Å². The first-order valence-corrected chi connectivity index (χ1v) is 7.67. The summed E-state index contributed by atoms with van der Waals surface area (Å²) in [4.78, 5) is 1.39. The van der Waals surface area contributed by atoms with E-state index in [1.54, 1.807) is 0 Å². The second-order valence-electron chi connectivity index (χ2n) is 6.17. The third-order valence-electron chi connectivity index (χ3n) is 4.50. The van der Waals surface area contributed by atoms with E-state index in [4.69, 9.17) is 4.74 Å². The van der Waals surface area contributed by atoms with E-state index < -0.39 is 0 Å². The van der Waals surface area contributed by atoms with Crippen molar-refractivity contribution in [2.75, 3.05) is 14.2 Å². The van der Waals surface area contributed by atoms with Crippen molar-refractivity contribution in [2.24, 2.45) is 5.41 Å². The fourth-order valence-electron chi connectivity index (χ4n) is 3.08. The van der Waals surface area contributed by atoms with Crippen molar-refractivity contribution in [1.82, 2.24) is 5.32 Å². The normalized spacial score (nSPS) is 23.8. The van der Waals surface area contributed by atoms with Crippen LogP contribution in [-0.2, 0) is 4.74 Å². The van der Waals surface area contributed by atoms with Crippen molar-refractivity contribution in [3.8, 4) is 0 Å². The summed E-state index contributed by atoms with van der Waals surface area (Å²) >= 11 is 1.82. The van der Waals surface area contributed by atoms with Gasteiger partial charge in [0.05, 0.1) is 11.6 Å². The van der Waals surface area contributed by atoms with Crippen molar-refractivity contribution in [2.45, 2.75) is 51.2 Å². The third-order valence-corrected chi connectivity index (χ3v) is 5.44. The highest BCUT2D eigenvalue weighted by Crippen LogP contribution is 2.47. The fraction of sp³-hybridized carbons (Fsp3) is 0.733. The van der Waals surface area contributed by atoms with Gasteiger partial charge in [-0.2, -0.15) is 0 Å². The summed E-state index contributed by atoms with van der Waals surface area (Å²) in [6.45, 7) is 4.73. The van der Waals surface area contributed by atoms with Crippen LogP contribution in [0.2, 0.25) is 0 Å². The maximum atomic E-state index is 5.99. The monoisotopic (exact) mass is 267 g/mol. The van der Waals surface area contributed by atoms with Gasteiger partial charge >= 0.3 is 0 Å². The molecule has 1 aliphatic rings. The number of nitrogens with one attached hydrogen (secondary N) is 1. The lowest BCUT2D eigenvalue weighted by atomic mass is 9.68. The molecule has 0 aliphatic heterocycles. The van der Waals surface area contributed by atoms with E-state index in [-0.39, 0.29) is 5.60 Å². The summed E-state index contributed by atoms with van der Waals surface area (Å²) < 4.78 is 5.99. The van der Waals surface area contributed by atoms with Gasteiger partial charge in [0.1, 0.15) is 0 Å². The highest BCUT2D eigenvalue weighted by atomic mass is 32.1. The maximum absolute atomic E-state index is 5.99. The van der Waals surface area contributed by atoms with Crippen molar-refractivity contribution < 1.29 is 4.74 Å². The maximum Gasteiger partial charge on any atom is 0.0880 e. The molecule has 102 valence electrons. The molecule has 0 radical (unpaired) electrons. The number of thiophene rings is 1. The quantitative estimate of drug-likeness (QED) is 0.890. The highest BCUT2D eigenvalue weighted by Gasteiger charge is 2.44. The van der Waals surface area contributed by atoms with E-state index in [1.165, 1.54) is 17.7 Å². The molecule has 1 fully saturated rings. The van der Waals surface area contributed by atoms with Crippen molar-refractivity contribution in [3.63, 3.8) is 0 Å². The minimum absolute atomic E-state index is 0.0326. The summed E-state index contributed by atoms with van der Waals surface area (Å²) in [6.07, 6.45) is 4.76. The molecule has 1 aliphatic carbocycles. The van der Waals surface area contributed by atoms with Gasteiger partial charge < -0.3 is 10.1 Å². The molecule has 0 saturated heterocycles. The standard InChI is InChI=1S/C15H25NOS/c1-14(2)7-9-15(17-4,10-8-14)13(16-3)12-6-5-11-18-12/h5-6,11,13,16H,7-10H2,1-4H3. The Morgan fingerprint density at radius 2 is 1.94 bits per heavy atom. The third kappa shape index (κ3) is 2.63. The molecule has 0 spiro atoms. The van der Waals surface area contributed by atoms with Crippen LogP contribution in [0.15, 0.2) is 17.5 Å². The number of hydrogen-bond acceptors (Lipinski definition) is 3. The largest absolute Gasteiger partial charge is 0.376 e. The zero-order valence-corrected chi connectivity index (χ0v) is 12.8. The molecule has 0 amide bonds. The molecule has 1 N–H and O–H groups in total. The van der Waals surface area contributed by atoms with Gasteiger partial charge in [-0.25, -0.2) is 0 Å². The predicted molar refractivity (Wildman–Crippen MR) is 78.1 cm³/mol. The zero-order valence-electron chi connectivity index (χ0n) is 12.0. The first kappa shape index (κ1) is 14.0. The lowest BCUT2D eigenvalue weighted by Crippen LogP contribution is -2.48. The van der Waals surface area contributed by atoms with Crippen LogP contribution >= 0.6 is 11.3 Å². The second-order valence-corrected chi connectivity index (χ2v) is 7.15. The average Bonchev–Trinajstić information content (AvgIpc) is 2.86. The molecule has 3 heteroatoms. The van der Waals surface area contributed by atoms with Crippen LogP contribution in [0.3, 0.4) is 0 Å². The Morgan fingerprint density at radius 3 is 2.39 bits per heavy atom. The number of ether oxygens (including phenoxy) is 1. The number of methoxy groups -OCH3 is 1. The summed E-state index contributed by atoms with van der Waals surface area (Å²) in [6, 6.07) is 4.66. The van der Waals surface area contributed by atoms with Gasteiger partial charge in [0, 0.05) is 12.0 Å². The molecular formula is C15H25NOS. The van der Waals surface area contributed by atoms with E-state index in [9.17, 15) is 0 Å². The zero-order chi connectivity index (χ0) is 13.2. The Morgan fingerprint density at radius 1 is 1.28 bits per heavy atom. The first-order valence-electron chi connectivity index (χ1n) is 6.79. The van der Waals surface area contributed by atoms with Crippen molar-refractivity contribution in [3.05, 3.63) is 22.4 Å². The minimum atomic E-state index is -0.0326. The second kappa shape index (κ2) is 5.32. The lowest BCUT2D eigenvalue weighted by molar-refractivity contribution is -0.0854. The number of rotatable bonds is 4. The van der Waals surface area contributed by atoms with Crippen molar-refractivity contribution >= 4 is 11.3 Å². The summed E-state index contributed by atoms with van der Waals surface area (Å²) in [5.41, 5.74) is 0.435. The Hall–Kier alpha value is -0.380. The van der Waals surface area contributed by atoms with Gasteiger partial charge in [0.25, 0.3) is 0 Å². The van der Waals surface area contributed by atoms with E-state index in [0.717, 1.165) is 12.8 Å². The van der Waals surface area contributed by atoms with Gasteiger partial charge in [-0.1, -0.05) is 19.9 Å². The molecule has 1 unspecified atom stereocenters. The molecule has 2 nitrogen and oxygen atoms in total. The van der Waals surface area contributed by atoms with Crippen LogP contribution in [0.4, 0.5) is 0 Å². The molecule has 1 saturated carbocycles. The molecule has 2 rings (SSSR count). The Balaban J connectivity index is 2.21. The summed E-state index contributed by atoms with van der Waals surface area (Å²) in [5.74, 6) is 0. The van der Waals surface area contributed by atoms with Crippen LogP contribution < -0.4 is 5.32 Å². The summed E-state index contributed by atoms with van der Waals surface area (Å²) in [5, 5.41) is 5.63. The molecule has 1 aromatic heterocycles. The van der Waals surface area contributed by atoms with Gasteiger partial charge in [-0.15, -0.1) is 11.3 Å². The molecule has 0 bridgehead atoms. The number of likely N-dealkylation sites (N-methyl/N-ethyl adjacent to an activating group) is 1. The van der Waals surface area contributed by atoms with Crippen LogP contribution in [0, 0.1) is 5.41 Å². The van der Waals surface area contributed by atoms with Gasteiger partial charge in [-0.05, 0) is 49.6 Å². The van der Waals surface area contributed by atoms with Gasteiger partial charge in [0.2, 0.25) is 0 Å². The van der Waals surface area contributed by atoms with Crippen LogP contribution in [0.5, 0.6) is 0 Å². The lowest BCUT2D eigenvalue weighted by Gasteiger charge is -2.46. The van der Waals surface area contributed by atoms with Crippen molar-refractivity contribution in [1.29, 1.82) is 0 Å². The predicted octanol–water partition coefficient (Wildman–Crippen LogP) is 3.99. The average molecular weight is 267 g/mol. The van der Waals surface area contributed by atoms with E-state index in [0.29, 0.717) is 11.5 Å². The topological polar surface area (TPSA) is 21.3 Å². The fourth-order valence-corrected chi connectivity index (χ4v) is 4.02. The molecule has 1 atom stereocenters. The smallest absolute Gasteiger partial charge is 0.0880 e. The van der Waals surface area contributed by atoms with E-state index in [2.05, 4.69) is 36.7 Å². The molecule has 1 aromatic rings. The Labute approximate surface area is 115 Å². The molecule has 18 heavy (non-hydrogen) atoms. The van der Waals surface area contributed by atoms with Crippen LogP contribution in [-0.4, -0.2) is 19.8 Å². The summed E-state index contributed by atoms with van der Waals surface area (Å²) in [7, 11) is 3.92.